The van der Waals surface area contributed by atoms with Crippen molar-refractivity contribution in [2.45, 2.75) is 25.3 Å². The first-order chi connectivity index (χ1) is 6.12. The summed E-state index contributed by atoms with van der Waals surface area (Å²) in [7, 11) is 1.95. The van der Waals surface area contributed by atoms with Gasteiger partial charge in [-0.15, -0.1) is 0 Å². The van der Waals surface area contributed by atoms with Gasteiger partial charge in [0.15, 0.2) is 0 Å². The molecule has 13 heavy (non-hydrogen) atoms. The molecule has 2 rings (SSSR count). The van der Waals surface area contributed by atoms with Crippen molar-refractivity contribution in [2.24, 2.45) is 12.8 Å². The van der Waals surface area contributed by atoms with Crippen molar-refractivity contribution in [1.29, 1.82) is 0 Å². The highest BCUT2D eigenvalue weighted by molar-refractivity contribution is 5.24. The van der Waals surface area contributed by atoms with Crippen LogP contribution < -0.4 is 5.73 Å². The third-order valence-corrected chi connectivity index (χ3v) is 2.64. The first kappa shape index (κ1) is 8.51. The normalized spacial score (nSPS) is 19.6. The van der Waals surface area contributed by atoms with Crippen molar-refractivity contribution >= 4 is 0 Å². The number of nitrogens with two attached hydrogens (primary N) is 1. The van der Waals surface area contributed by atoms with Crippen molar-refractivity contribution < 1.29 is 0 Å². The summed E-state index contributed by atoms with van der Waals surface area (Å²) in [5.41, 5.74) is 8.23. The minimum absolute atomic E-state index is 0.212. The number of hydrogen-bond acceptors (Lipinski definition) is 2. The molecule has 0 unspecified atom stereocenters. The van der Waals surface area contributed by atoms with Gasteiger partial charge in [0.1, 0.15) is 0 Å². The summed E-state index contributed by atoms with van der Waals surface area (Å²) in [6.07, 6.45) is 6.13. The minimum atomic E-state index is -0.212. The quantitative estimate of drug-likeness (QED) is 0.656. The fourth-order valence-electron chi connectivity index (χ4n) is 1.96. The third-order valence-electron chi connectivity index (χ3n) is 2.64. The lowest BCUT2D eigenvalue weighted by molar-refractivity contribution is 0.438. The summed E-state index contributed by atoms with van der Waals surface area (Å²) in [5.74, 6) is 0. The van der Waals surface area contributed by atoms with E-state index in [0.29, 0.717) is 0 Å². The van der Waals surface area contributed by atoms with Crippen molar-refractivity contribution in [3.05, 3.63) is 29.6 Å². The van der Waals surface area contributed by atoms with Crippen molar-refractivity contribution in [2.75, 3.05) is 0 Å². The zero-order valence-corrected chi connectivity index (χ0v) is 8.12. The van der Waals surface area contributed by atoms with Crippen LogP contribution in [0.1, 0.15) is 24.2 Å². The van der Waals surface area contributed by atoms with Crippen LogP contribution in [0.4, 0.5) is 0 Å². The molecule has 1 heterocycles. The second-order valence-corrected chi connectivity index (χ2v) is 3.83. The molecule has 0 aliphatic heterocycles. The molecule has 0 fully saturated rings. The van der Waals surface area contributed by atoms with E-state index in [1.54, 1.807) is 0 Å². The van der Waals surface area contributed by atoms with E-state index in [9.17, 15) is 0 Å². The molecule has 0 radical (unpaired) electrons. The highest BCUT2D eigenvalue weighted by atomic mass is 15.3. The Balaban J connectivity index is 2.39. The molecule has 0 saturated carbocycles. The fourth-order valence-corrected chi connectivity index (χ4v) is 1.96. The zero-order chi connectivity index (χ0) is 9.47. The smallest absolute Gasteiger partial charge is 0.0650 e. The molecule has 1 aromatic heterocycles. The van der Waals surface area contributed by atoms with E-state index < -0.39 is 0 Å². The van der Waals surface area contributed by atoms with Gasteiger partial charge in [-0.1, -0.05) is 12.2 Å². The molecule has 0 atom stereocenters. The predicted octanol–water partition coefficient (Wildman–Crippen LogP) is 1.23. The SMILES string of the molecule is Cc1cc(C2(N)CC=CC2)n(C)n1. The summed E-state index contributed by atoms with van der Waals surface area (Å²) >= 11 is 0. The summed E-state index contributed by atoms with van der Waals surface area (Å²) in [4.78, 5) is 0. The topological polar surface area (TPSA) is 43.8 Å². The number of aryl methyl sites for hydroxylation is 2. The monoisotopic (exact) mass is 177 g/mol. The second-order valence-electron chi connectivity index (χ2n) is 3.83. The Morgan fingerprint density at radius 1 is 1.46 bits per heavy atom. The number of aromatic nitrogens is 2. The molecular formula is C10H15N3. The summed E-state index contributed by atoms with van der Waals surface area (Å²) in [6, 6.07) is 2.08. The predicted molar refractivity (Wildman–Crippen MR) is 52.2 cm³/mol. The maximum Gasteiger partial charge on any atom is 0.0650 e. The minimum Gasteiger partial charge on any atom is -0.320 e. The number of rotatable bonds is 1. The lowest BCUT2D eigenvalue weighted by Crippen LogP contribution is -2.35. The molecule has 0 saturated heterocycles. The molecular weight excluding hydrogens is 162 g/mol. The van der Waals surface area contributed by atoms with Crippen molar-refractivity contribution in [3.63, 3.8) is 0 Å². The number of nitrogens with zero attached hydrogens (tertiary/aromatic N) is 2. The molecule has 1 aliphatic rings. The summed E-state index contributed by atoms with van der Waals surface area (Å²) < 4.78 is 1.89. The molecule has 0 aromatic carbocycles. The van der Waals surface area contributed by atoms with Gasteiger partial charge in [-0.05, 0) is 25.8 Å². The Bertz CT molecular complexity index is 341. The van der Waals surface area contributed by atoms with Crippen LogP contribution in [-0.2, 0) is 12.6 Å². The van der Waals surface area contributed by atoms with Gasteiger partial charge >= 0.3 is 0 Å². The van der Waals surface area contributed by atoms with Crippen molar-refractivity contribution in [3.8, 4) is 0 Å². The van der Waals surface area contributed by atoms with E-state index in [0.717, 1.165) is 24.2 Å². The molecule has 0 amide bonds. The van der Waals surface area contributed by atoms with Crippen LogP contribution in [0.2, 0.25) is 0 Å². The highest BCUT2D eigenvalue weighted by Crippen LogP contribution is 2.31. The Hall–Kier alpha value is -1.09. The van der Waals surface area contributed by atoms with Gasteiger partial charge in [0.25, 0.3) is 0 Å². The van der Waals surface area contributed by atoms with E-state index in [2.05, 4.69) is 23.3 Å². The fraction of sp³-hybridized carbons (Fsp3) is 0.500. The van der Waals surface area contributed by atoms with Gasteiger partial charge < -0.3 is 5.73 Å². The van der Waals surface area contributed by atoms with Crippen LogP contribution in [0.25, 0.3) is 0 Å². The zero-order valence-electron chi connectivity index (χ0n) is 8.12. The average Bonchev–Trinajstić information content (AvgIpc) is 2.59. The van der Waals surface area contributed by atoms with Crippen molar-refractivity contribution in [1.82, 2.24) is 9.78 Å². The Morgan fingerprint density at radius 2 is 2.08 bits per heavy atom. The van der Waals surface area contributed by atoms with E-state index in [4.69, 9.17) is 5.73 Å². The van der Waals surface area contributed by atoms with Gasteiger partial charge in [0.05, 0.1) is 16.9 Å². The van der Waals surface area contributed by atoms with Gasteiger partial charge in [-0.2, -0.15) is 5.10 Å². The van der Waals surface area contributed by atoms with Crippen LogP contribution in [-0.4, -0.2) is 9.78 Å². The molecule has 1 aliphatic carbocycles. The molecule has 1 aromatic rings. The maximum atomic E-state index is 6.27. The largest absolute Gasteiger partial charge is 0.320 e. The van der Waals surface area contributed by atoms with Gasteiger partial charge in [0, 0.05) is 7.05 Å². The van der Waals surface area contributed by atoms with E-state index >= 15 is 0 Å². The molecule has 0 bridgehead atoms. The molecule has 3 heteroatoms. The van der Waals surface area contributed by atoms with Gasteiger partial charge in [-0.25, -0.2) is 0 Å². The van der Waals surface area contributed by atoms with Crippen LogP contribution in [0.5, 0.6) is 0 Å². The average molecular weight is 177 g/mol. The van der Waals surface area contributed by atoms with Crippen LogP contribution >= 0.6 is 0 Å². The Labute approximate surface area is 78.2 Å². The Kier molecular flexibility index (Phi) is 1.77. The van der Waals surface area contributed by atoms with Gasteiger partial charge in [-0.3, -0.25) is 4.68 Å². The lowest BCUT2D eigenvalue weighted by Gasteiger charge is -2.23. The van der Waals surface area contributed by atoms with E-state index in [1.807, 2.05) is 18.7 Å². The number of hydrogen-bond donors (Lipinski definition) is 1. The van der Waals surface area contributed by atoms with Crippen LogP contribution in [0.15, 0.2) is 18.2 Å². The Morgan fingerprint density at radius 3 is 2.54 bits per heavy atom. The van der Waals surface area contributed by atoms with E-state index in [-0.39, 0.29) is 5.54 Å². The van der Waals surface area contributed by atoms with Crippen LogP contribution in [0.3, 0.4) is 0 Å². The molecule has 70 valence electrons. The molecule has 2 N–H and O–H groups in total. The van der Waals surface area contributed by atoms with Crippen LogP contribution in [0, 0.1) is 6.92 Å². The summed E-state index contributed by atoms with van der Waals surface area (Å²) in [5, 5.41) is 4.31. The van der Waals surface area contributed by atoms with E-state index in [1.165, 1.54) is 0 Å². The molecule has 0 spiro atoms. The lowest BCUT2D eigenvalue weighted by atomic mass is 9.93. The first-order valence-electron chi connectivity index (χ1n) is 4.57. The highest BCUT2D eigenvalue weighted by Gasteiger charge is 2.31. The standard InChI is InChI=1S/C10H15N3/c1-8-7-9(13(2)12-8)10(11)5-3-4-6-10/h3-4,7H,5-6,11H2,1-2H3. The maximum absolute atomic E-state index is 6.27. The third kappa shape index (κ3) is 1.29. The van der Waals surface area contributed by atoms with Gasteiger partial charge in [0.2, 0.25) is 0 Å². The first-order valence-corrected chi connectivity index (χ1v) is 4.57. The second kappa shape index (κ2) is 2.70. The summed E-state index contributed by atoms with van der Waals surface area (Å²) in [6.45, 7) is 2.00. The molecule has 3 nitrogen and oxygen atoms in total.